The highest BCUT2D eigenvalue weighted by Crippen LogP contribution is 2.22. The summed E-state index contributed by atoms with van der Waals surface area (Å²) < 4.78 is 5.46. The fraction of sp³-hybridized carbons (Fsp3) is 0.562. The number of thioether (sulfide) groups is 1. The van der Waals surface area contributed by atoms with Crippen LogP contribution in [0.25, 0.3) is 0 Å². The third-order valence-corrected chi connectivity index (χ3v) is 4.36. The highest BCUT2D eigenvalue weighted by Gasteiger charge is 2.18. The molecule has 0 amide bonds. The Balaban J connectivity index is 1.77. The predicted molar refractivity (Wildman–Crippen MR) is 81.9 cm³/mol. The summed E-state index contributed by atoms with van der Waals surface area (Å²) in [7, 11) is 0. The second kappa shape index (κ2) is 8.82. The van der Waals surface area contributed by atoms with Gasteiger partial charge in [0.1, 0.15) is 11.1 Å². The predicted octanol–water partition coefficient (Wildman–Crippen LogP) is 3.75. The average Bonchev–Trinajstić information content (AvgIpc) is 2.58. The van der Waals surface area contributed by atoms with Crippen molar-refractivity contribution in [3.8, 4) is 0 Å². The van der Waals surface area contributed by atoms with Gasteiger partial charge in [-0.05, 0) is 49.6 Å². The van der Waals surface area contributed by atoms with Crippen molar-refractivity contribution in [1.29, 1.82) is 0 Å². The van der Waals surface area contributed by atoms with Gasteiger partial charge in [0.25, 0.3) is 0 Å². The van der Waals surface area contributed by atoms with Gasteiger partial charge in [-0.3, -0.25) is 9.59 Å². The third-order valence-electron chi connectivity index (χ3n) is 3.48. The topological polar surface area (TPSA) is 56.3 Å². The Morgan fingerprint density at radius 1 is 1.29 bits per heavy atom. The molecule has 1 saturated heterocycles. The lowest BCUT2D eigenvalue weighted by Crippen LogP contribution is -2.18. The molecule has 1 aromatic heterocycles. The molecule has 114 valence electrons. The first kappa shape index (κ1) is 16.0. The number of cyclic esters (lactones) is 1. The minimum absolute atomic E-state index is 0.0737. The number of esters is 1. The van der Waals surface area contributed by atoms with Crippen LogP contribution >= 0.6 is 11.8 Å². The van der Waals surface area contributed by atoms with Crippen LogP contribution in [0.15, 0.2) is 29.4 Å². The second-order valence-electron chi connectivity index (χ2n) is 5.25. The zero-order valence-corrected chi connectivity index (χ0v) is 12.9. The van der Waals surface area contributed by atoms with Gasteiger partial charge >= 0.3 is 5.97 Å². The van der Waals surface area contributed by atoms with Crippen LogP contribution < -0.4 is 0 Å². The van der Waals surface area contributed by atoms with E-state index >= 15 is 0 Å². The van der Waals surface area contributed by atoms with Gasteiger partial charge in [-0.25, -0.2) is 4.98 Å². The maximum Gasteiger partial charge on any atom is 0.306 e. The Kier molecular flexibility index (Phi) is 6.73. The summed E-state index contributed by atoms with van der Waals surface area (Å²) in [5.74, 6) is -0.119. The summed E-state index contributed by atoms with van der Waals surface area (Å²) in [6.07, 6.45) is 8.20. The van der Waals surface area contributed by atoms with Gasteiger partial charge in [-0.15, -0.1) is 0 Å². The molecular formula is C16H21NO3S. The van der Waals surface area contributed by atoms with E-state index in [9.17, 15) is 9.59 Å². The number of rotatable bonds is 4. The Morgan fingerprint density at radius 2 is 2.14 bits per heavy atom. The monoisotopic (exact) mass is 307 g/mol. The highest BCUT2D eigenvalue weighted by atomic mass is 32.2. The van der Waals surface area contributed by atoms with Gasteiger partial charge in [0.2, 0.25) is 0 Å². The van der Waals surface area contributed by atoms with Crippen LogP contribution in [0.5, 0.6) is 0 Å². The zero-order valence-electron chi connectivity index (χ0n) is 12.1. The van der Waals surface area contributed by atoms with Crippen molar-refractivity contribution in [2.75, 3.05) is 0 Å². The molecule has 4 nitrogen and oxygen atoms in total. The number of ether oxygens (including phenoxy) is 1. The molecule has 0 N–H and O–H groups in total. The molecule has 0 saturated carbocycles. The van der Waals surface area contributed by atoms with E-state index in [1.54, 1.807) is 6.20 Å². The van der Waals surface area contributed by atoms with E-state index in [1.165, 1.54) is 0 Å². The van der Waals surface area contributed by atoms with Crippen LogP contribution in [-0.2, 0) is 14.3 Å². The smallest absolute Gasteiger partial charge is 0.306 e. The molecule has 0 aliphatic carbocycles. The fourth-order valence-electron chi connectivity index (χ4n) is 2.36. The molecule has 0 spiro atoms. The van der Waals surface area contributed by atoms with Gasteiger partial charge in [0, 0.05) is 19.0 Å². The van der Waals surface area contributed by atoms with Crippen LogP contribution in [0.3, 0.4) is 0 Å². The first-order chi connectivity index (χ1) is 10.2. The normalized spacial score (nSPS) is 20.0. The molecule has 1 unspecified atom stereocenters. The van der Waals surface area contributed by atoms with E-state index in [0.717, 1.165) is 43.9 Å². The van der Waals surface area contributed by atoms with E-state index in [-0.39, 0.29) is 17.2 Å². The molecule has 0 bridgehead atoms. The van der Waals surface area contributed by atoms with Crippen LogP contribution in [0.4, 0.5) is 0 Å². The van der Waals surface area contributed by atoms with Crippen molar-refractivity contribution in [3.63, 3.8) is 0 Å². The molecule has 1 atom stereocenters. The summed E-state index contributed by atoms with van der Waals surface area (Å²) >= 11 is 1.16. The molecule has 1 aliphatic heterocycles. The minimum Gasteiger partial charge on any atom is -0.462 e. The summed E-state index contributed by atoms with van der Waals surface area (Å²) in [5.41, 5.74) is 0. The number of hydrogen-bond donors (Lipinski definition) is 0. The maximum atomic E-state index is 11.9. The molecule has 21 heavy (non-hydrogen) atoms. The average molecular weight is 307 g/mol. The van der Waals surface area contributed by atoms with Crippen molar-refractivity contribution in [1.82, 2.24) is 4.98 Å². The number of aromatic nitrogens is 1. The standard InChI is InChI=1S/C16H21NO3S/c18-15-9-4-2-1-3-7-13(20-15)10-11-16(19)21-14-8-5-6-12-17-14/h5-6,8,12-13H,1-4,7,9-11H2. The van der Waals surface area contributed by atoms with E-state index in [4.69, 9.17) is 4.74 Å². The molecule has 2 rings (SSSR count). The summed E-state index contributed by atoms with van der Waals surface area (Å²) in [6.45, 7) is 0. The maximum absolute atomic E-state index is 11.9. The number of pyridine rings is 1. The minimum atomic E-state index is -0.119. The molecule has 0 radical (unpaired) electrons. The summed E-state index contributed by atoms with van der Waals surface area (Å²) in [4.78, 5) is 27.7. The fourth-order valence-corrected chi connectivity index (χ4v) is 3.07. The van der Waals surface area contributed by atoms with Gasteiger partial charge in [-0.2, -0.15) is 0 Å². The lowest BCUT2D eigenvalue weighted by Gasteiger charge is -2.16. The molecule has 5 heteroatoms. The van der Waals surface area contributed by atoms with E-state index < -0.39 is 0 Å². The Labute approximate surface area is 129 Å². The molecule has 1 fully saturated rings. The van der Waals surface area contributed by atoms with Gasteiger partial charge < -0.3 is 4.74 Å². The van der Waals surface area contributed by atoms with Crippen LogP contribution in [0.2, 0.25) is 0 Å². The lowest BCUT2D eigenvalue weighted by atomic mass is 10.1. The summed E-state index contributed by atoms with van der Waals surface area (Å²) in [6, 6.07) is 5.51. The van der Waals surface area contributed by atoms with Gasteiger partial charge in [-0.1, -0.05) is 18.9 Å². The van der Waals surface area contributed by atoms with Crippen molar-refractivity contribution in [3.05, 3.63) is 24.4 Å². The summed E-state index contributed by atoms with van der Waals surface area (Å²) in [5, 5.41) is 0.790. The van der Waals surface area contributed by atoms with Crippen molar-refractivity contribution >= 4 is 22.8 Å². The molecule has 2 heterocycles. The highest BCUT2D eigenvalue weighted by molar-refractivity contribution is 8.13. The number of carbonyl (C=O) groups excluding carboxylic acids is 2. The third kappa shape index (κ3) is 6.29. The number of nitrogens with zero attached hydrogens (tertiary/aromatic N) is 1. The van der Waals surface area contributed by atoms with Gasteiger partial charge in [0.05, 0.1) is 0 Å². The molecule has 0 aromatic carbocycles. The molecular weight excluding hydrogens is 286 g/mol. The van der Waals surface area contributed by atoms with Crippen LogP contribution in [0.1, 0.15) is 51.4 Å². The lowest BCUT2D eigenvalue weighted by molar-refractivity contribution is -0.150. The van der Waals surface area contributed by atoms with Crippen molar-refractivity contribution < 1.29 is 14.3 Å². The number of hydrogen-bond acceptors (Lipinski definition) is 5. The van der Waals surface area contributed by atoms with E-state index in [0.29, 0.717) is 24.3 Å². The zero-order chi connectivity index (χ0) is 14.9. The Bertz CT molecular complexity index is 464. The largest absolute Gasteiger partial charge is 0.462 e. The molecule has 1 aliphatic rings. The van der Waals surface area contributed by atoms with Crippen molar-refractivity contribution in [2.24, 2.45) is 0 Å². The van der Waals surface area contributed by atoms with Crippen LogP contribution in [-0.4, -0.2) is 22.2 Å². The number of carbonyl (C=O) groups is 2. The molecule has 1 aromatic rings. The Morgan fingerprint density at radius 3 is 2.95 bits per heavy atom. The first-order valence-electron chi connectivity index (χ1n) is 7.55. The van der Waals surface area contributed by atoms with Crippen LogP contribution in [0, 0.1) is 0 Å². The van der Waals surface area contributed by atoms with E-state index in [1.807, 2.05) is 18.2 Å². The van der Waals surface area contributed by atoms with Crippen molar-refractivity contribution in [2.45, 2.75) is 62.5 Å². The Hall–Kier alpha value is -1.36. The first-order valence-corrected chi connectivity index (χ1v) is 8.37. The van der Waals surface area contributed by atoms with E-state index in [2.05, 4.69) is 4.98 Å². The SMILES string of the molecule is O=C1CCCCCCC(CCC(=O)Sc2ccccn2)O1. The second-order valence-corrected chi connectivity index (χ2v) is 6.32. The van der Waals surface area contributed by atoms with Gasteiger partial charge in [0.15, 0.2) is 5.12 Å². The quantitative estimate of drug-likeness (QED) is 0.626.